The molecule has 7 heteroatoms. The molecule has 0 atom stereocenters. The first-order valence-electron chi connectivity index (χ1n) is 8.34. The molecule has 0 saturated carbocycles. The van der Waals surface area contributed by atoms with Gasteiger partial charge in [0.05, 0.1) is 12.0 Å². The van der Waals surface area contributed by atoms with Crippen LogP contribution in [0.5, 0.6) is 5.75 Å². The van der Waals surface area contributed by atoms with Gasteiger partial charge in [-0.05, 0) is 26.0 Å². The maximum absolute atomic E-state index is 11.8. The SMILES string of the molecule is CN=C(NCC(C)(C)C(=O)NC)Nc1cccc(OCCCOC)c1. The first kappa shape index (κ1) is 20.8. The fourth-order valence-electron chi connectivity index (χ4n) is 2.10. The van der Waals surface area contributed by atoms with Gasteiger partial charge < -0.3 is 25.4 Å². The van der Waals surface area contributed by atoms with E-state index < -0.39 is 5.41 Å². The lowest BCUT2D eigenvalue weighted by Gasteiger charge is -2.24. The molecule has 1 aromatic carbocycles. The van der Waals surface area contributed by atoms with Gasteiger partial charge in [0.2, 0.25) is 5.91 Å². The van der Waals surface area contributed by atoms with Gasteiger partial charge in [-0.3, -0.25) is 9.79 Å². The molecule has 0 heterocycles. The lowest BCUT2D eigenvalue weighted by molar-refractivity contribution is -0.128. The number of carbonyl (C=O) groups excluding carboxylic acids is 1. The Morgan fingerprint density at radius 3 is 2.68 bits per heavy atom. The highest BCUT2D eigenvalue weighted by Crippen LogP contribution is 2.18. The van der Waals surface area contributed by atoms with Gasteiger partial charge >= 0.3 is 0 Å². The minimum atomic E-state index is -0.543. The van der Waals surface area contributed by atoms with Crippen LogP contribution in [0.4, 0.5) is 5.69 Å². The Morgan fingerprint density at radius 1 is 1.28 bits per heavy atom. The van der Waals surface area contributed by atoms with Crippen LogP contribution in [0.3, 0.4) is 0 Å². The fourth-order valence-corrected chi connectivity index (χ4v) is 2.10. The normalized spacial score (nSPS) is 11.8. The molecule has 0 aromatic heterocycles. The maximum Gasteiger partial charge on any atom is 0.227 e. The Bertz CT molecular complexity index is 573. The van der Waals surface area contributed by atoms with Gasteiger partial charge in [0.25, 0.3) is 0 Å². The number of ether oxygens (including phenoxy) is 2. The van der Waals surface area contributed by atoms with Crippen molar-refractivity contribution in [2.75, 3.05) is 46.3 Å². The van der Waals surface area contributed by atoms with E-state index in [4.69, 9.17) is 9.47 Å². The van der Waals surface area contributed by atoms with Crippen molar-refractivity contribution >= 4 is 17.6 Å². The van der Waals surface area contributed by atoms with Crippen molar-refractivity contribution in [1.29, 1.82) is 0 Å². The number of hydrogen-bond acceptors (Lipinski definition) is 4. The van der Waals surface area contributed by atoms with Crippen LogP contribution in [0.25, 0.3) is 0 Å². The Balaban J connectivity index is 2.59. The van der Waals surface area contributed by atoms with E-state index in [9.17, 15) is 4.79 Å². The smallest absolute Gasteiger partial charge is 0.227 e. The van der Waals surface area contributed by atoms with E-state index in [1.54, 1.807) is 21.2 Å². The molecule has 0 aliphatic rings. The summed E-state index contributed by atoms with van der Waals surface area (Å²) in [6.45, 7) is 5.49. The van der Waals surface area contributed by atoms with Crippen LogP contribution in [-0.4, -0.2) is 52.8 Å². The number of aliphatic imine (C=N–C) groups is 1. The zero-order valence-electron chi connectivity index (χ0n) is 15.8. The van der Waals surface area contributed by atoms with E-state index in [0.717, 1.165) is 17.9 Å². The van der Waals surface area contributed by atoms with Crippen LogP contribution in [0.2, 0.25) is 0 Å². The fraction of sp³-hybridized carbons (Fsp3) is 0.556. The van der Waals surface area contributed by atoms with Gasteiger partial charge in [0.1, 0.15) is 5.75 Å². The lowest BCUT2D eigenvalue weighted by Crippen LogP contribution is -2.45. The topological polar surface area (TPSA) is 84.0 Å². The first-order chi connectivity index (χ1) is 11.9. The quantitative estimate of drug-likeness (QED) is 0.360. The maximum atomic E-state index is 11.8. The van der Waals surface area contributed by atoms with Crippen LogP contribution in [0.1, 0.15) is 20.3 Å². The summed E-state index contributed by atoms with van der Waals surface area (Å²) in [6, 6.07) is 7.65. The average molecular weight is 350 g/mol. The molecule has 1 rings (SSSR count). The molecular formula is C18H30N4O3. The number of amides is 1. The average Bonchev–Trinajstić information content (AvgIpc) is 2.61. The molecule has 3 N–H and O–H groups in total. The summed E-state index contributed by atoms with van der Waals surface area (Å²) in [5.74, 6) is 1.35. The molecular weight excluding hydrogens is 320 g/mol. The molecule has 0 aliphatic heterocycles. The van der Waals surface area contributed by atoms with Gasteiger partial charge in [-0.2, -0.15) is 0 Å². The van der Waals surface area contributed by atoms with Crippen LogP contribution in [0.15, 0.2) is 29.3 Å². The third kappa shape index (κ3) is 7.43. The number of nitrogens with zero attached hydrogens (tertiary/aromatic N) is 1. The molecule has 0 bridgehead atoms. The summed E-state index contributed by atoms with van der Waals surface area (Å²) in [5, 5.41) is 9.04. The summed E-state index contributed by atoms with van der Waals surface area (Å²) in [4.78, 5) is 16.0. The zero-order chi connectivity index (χ0) is 18.7. The molecule has 25 heavy (non-hydrogen) atoms. The summed E-state index contributed by atoms with van der Waals surface area (Å²) in [6.07, 6.45) is 0.839. The van der Waals surface area contributed by atoms with Crippen molar-refractivity contribution in [1.82, 2.24) is 10.6 Å². The minimum absolute atomic E-state index is 0.0260. The van der Waals surface area contributed by atoms with Crippen LogP contribution in [0, 0.1) is 5.41 Å². The van der Waals surface area contributed by atoms with Crippen LogP contribution < -0.4 is 20.7 Å². The number of carbonyl (C=O) groups is 1. The summed E-state index contributed by atoms with van der Waals surface area (Å²) >= 11 is 0. The van der Waals surface area contributed by atoms with E-state index in [1.165, 1.54) is 0 Å². The summed E-state index contributed by atoms with van der Waals surface area (Å²) < 4.78 is 10.7. The Labute approximate surface area is 150 Å². The van der Waals surface area contributed by atoms with E-state index >= 15 is 0 Å². The summed E-state index contributed by atoms with van der Waals surface area (Å²) in [5.41, 5.74) is 0.314. The Morgan fingerprint density at radius 2 is 2.04 bits per heavy atom. The Kier molecular flexibility index (Phi) is 8.77. The number of benzene rings is 1. The van der Waals surface area contributed by atoms with E-state index in [-0.39, 0.29) is 5.91 Å². The number of methoxy groups -OCH3 is 1. The van der Waals surface area contributed by atoms with Gasteiger partial charge in [0.15, 0.2) is 5.96 Å². The third-order valence-electron chi connectivity index (χ3n) is 3.62. The largest absolute Gasteiger partial charge is 0.493 e. The Hall–Kier alpha value is -2.28. The lowest BCUT2D eigenvalue weighted by atomic mass is 9.92. The first-order valence-corrected chi connectivity index (χ1v) is 8.34. The standard InChI is InChI=1S/C18H30N4O3/c1-18(2,16(23)19-3)13-21-17(20-4)22-14-8-6-9-15(12-14)25-11-7-10-24-5/h6,8-9,12H,7,10-11,13H2,1-5H3,(H,19,23)(H2,20,21,22). The highest BCUT2D eigenvalue weighted by atomic mass is 16.5. The van der Waals surface area contributed by atoms with E-state index in [1.807, 2.05) is 38.1 Å². The predicted octanol–water partition coefficient (Wildman–Crippen LogP) is 1.86. The molecule has 0 saturated heterocycles. The molecule has 7 nitrogen and oxygen atoms in total. The van der Waals surface area contributed by atoms with Gasteiger partial charge in [-0.15, -0.1) is 0 Å². The monoisotopic (exact) mass is 350 g/mol. The van der Waals surface area contributed by atoms with Crippen molar-refractivity contribution < 1.29 is 14.3 Å². The van der Waals surface area contributed by atoms with Crippen molar-refractivity contribution in [3.8, 4) is 5.75 Å². The number of nitrogens with one attached hydrogen (secondary N) is 3. The second-order valence-electron chi connectivity index (χ2n) is 6.24. The van der Waals surface area contributed by atoms with Crippen molar-refractivity contribution in [3.63, 3.8) is 0 Å². The molecule has 0 aliphatic carbocycles. The third-order valence-corrected chi connectivity index (χ3v) is 3.62. The molecule has 140 valence electrons. The van der Waals surface area contributed by atoms with E-state index in [2.05, 4.69) is 20.9 Å². The van der Waals surface area contributed by atoms with Gasteiger partial charge in [-0.25, -0.2) is 0 Å². The minimum Gasteiger partial charge on any atom is -0.493 e. The highest BCUT2D eigenvalue weighted by Gasteiger charge is 2.26. The van der Waals surface area contributed by atoms with E-state index in [0.29, 0.717) is 25.7 Å². The molecule has 0 radical (unpaired) electrons. The van der Waals surface area contributed by atoms with Crippen molar-refractivity contribution in [2.45, 2.75) is 20.3 Å². The molecule has 1 aromatic rings. The van der Waals surface area contributed by atoms with Crippen LogP contribution >= 0.6 is 0 Å². The molecule has 1 amide bonds. The number of hydrogen-bond donors (Lipinski definition) is 3. The summed E-state index contributed by atoms with van der Waals surface area (Å²) in [7, 11) is 5.00. The number of guanidine groups is 1. The van der Waals surface area contributed by atoms with Crippen molar-refractivity contribution in [2.24, 2.45) is 10.4 Å². The number of rotatable bonds is 9. The number of anilines is 1. The van der Waals surface area contributed by atoms with Gasteiger partial charge in [0, 0.05) is 52.5 Å². The van der Waals surface area contributed by atoms with Crippen molar-refractivity contribution in [3.05, 3.63) is 24.3 Å². The van der Waals surface area contributed by atoms with Crippen LogP contribution in [-0.2, 0) is 9.53 Å². The predicted molar refractivity (Wildman–Crippen MR) is 101 cm³/mol. The second kappa shape index (κ2) is 10.6. The van der Waals surface area contributed by atoms with Gasteiger partial charge in [-0.1, -0.05) is 6.07 Å². The molecule has 0 fully saturated rings. The zero-order valence-corrected chi connectivity index (χ0v) is 15.8. The second-order valence-corrected chi connectivity index (χ2v) is 6.24. The molecule has 0 spiro atoms. The molecule has 0 unspecified atom stereocenters. The highest BCUT2D eigenvalue weighted by molar-refractivity contribution is 5.94.